The van der Waals surface area contributed by atoms with Gasteiger partial charge in [-0.1, -0.05) is 32.0 Å². The van der Waals surface area contributed by atoms with E-state index in [0.717, 1.165) is 12.0 Å². The Morgan fingerprint density at radius 2 is 2.05 bits per heavy atom. The van der Waals surface area contributed by atoms with Crippen LogP contribution in [0.4, 0.5) is 0 Å². The van der Waals surface area contributed by atoms with E-state index in [1.165, 1.54) is 0 Å². The van der Waals surface area contributed by atoms with Crippen LogP contribution in [-0.4, -0.2) is 28.6 Å². The highest BCUT2D eigenvalue weighted by Crippen LogP contribution is 2.16. The van der Waals surface area contributed by atoms with Gasteiger partial charge in [0.1, 0.15) is 0 Å². The number of hydrogen-bond donors (Lipinski definition) is 1. The van der Waals surface area contributed by atoms with Crippen LogP contribution < -0.4 is 0 Å². The average Bonchev–Trinajstić information content (AvgIpc) is 2.45. The van der Waals surface area contributed by atoms with Gasteiger partial charge in [0.05, 0.1) is 17.6 Å². The van der Waals surface area contributed by atoms with E-state index in [2.05, 4.69) is 24.8 Å². The number of aliphatic carboxylic acids is 1. The predicted molar refractivity (Wildman–Crippen MR) is 78.1 cm³/mol. The Morgan fingerprint density at radius 3 is 2.60 bits per heavy atom. The van der Waals surface area contributed by atoms with Crippen LogP contribution in [0.3, 0.4) is 0 Å². The zero-order chi connectivity index (χ0) is 15.1. The maximum Gasteiger partial charge on any atom is 0.307 e. The second-order valence-electron chi connectivity index (χ2n) is 5.19. The highest BCUT2D eigenvalue weighted by atomic mass is 16.4. The lowest BCUT2D eigenvalue weighted by Crippen LogP contribution is -2.37. The summed E-state index contributed by atoms with van der Waals surface area (Å²) in [6, 6.07) is 9.95. The van der Waals surface area contributed by atoms with Crippen molar-refractivity contribution in [3.05, 3.63) is 35.4 Å². The Bertz CT molecular complexity index is 493. The highest BCUT2D eigenvalue weighted by Gasteiger charge is 2.20. The number of carboxylic acids is 1. The highest BCUT2D eigenvalue weighted by molar-refractivity contribution is 5.69. The minimum absolute atomic E-state index is 0.281. The lowest BCUT2D eigenvalue weighted by molar-refractivity contribution is -0.142. The molecule has 1 rings (SSSR count). The molecule has 4 heteroatoms. The number of hydrogen-bond acceptors (Lipinski definition) is 3. The van der Waals surface area contributed by atoms with Crippen LogP contribution in [-0.2, 0) is 11.3 Å². The molecule has 1 aromatic rings. The lowest BCUT2D eigenvalue weighted by Gasteiger charge is -2.30. The summed E-state index contributed by atoms with van der Waals surface area (Å²) in [6.45, 7) is 6.98. The van der Waals surface area contributed by atoms with Crippen LogP contribution in [0.15, 0.2) is 24.3 Å². The van der Waals surface area contributed by atoms with Gasteiger partial charge in [-0.05, 0) is 25.0 Å². The number of nitrogens with zero attached hydrogens (tertiary/aromatic N) is 2. The van der Waals surface area contributed by atoms with Crippen molar-refractivity contribution >= 4 is 5.97 Å². The normalized spacial score (nSPS) is 13.8. The van der Waals surface area contributed by atoms with Crippen LogP contribution in [0.2, 0.25) is 0 Å². The Kier molecular flexibility index (Phi) is 6.20. The minimum atomic E-state index is -0.785. The zero-order valence-electron chi connectivity index (χ0n) is 12.3. The van der Waals surface area contributed by atoms with Crippen LogP contribution in [0.1, 0.15) is 38.3 Å². The molecule has 108 valence electrons. The van der Waals surface area contributed by atoms with Crippen molar-refractivity contribution in [2.45, 2.75) is 39.8 Å². The van der Waals surface area contributed by atoms with Gasteiger partial charge in [0, 0.05) is 19.1 Å². The van der Waals surface area contributed by atoms with Gasteiger partial charge < -0.3 is 5.11 Å². The molecule has 0 saturated heterocycles. The van der Waals surface area contributed by atoms with E-state index in [0.29, 0.717) is 18.7 Å². The number of rotatable bonds is 7. The third-order valence-electron chi connectivity index (χ3n) is 3.66. The van der Waals surface area contributed by atoms with Crippen molar-refractivity contribution in [2.24, 2.45) is 5.92 Å². The molecule has 0 bridgehead atoms. The van der Waals surface area contributed by atoms with Crippen molar-refractivity contribution in [2.75, 3.05) is 6.54 Å². The van der Waals surface area contributed by atoms with Crippen LogP contribution in [0, 0.1) is 17.2 Å². The molecule has 0 aliphatic rings. The molecule has 1 aromatic carbocycles. The molecular weight excluding hydrogens is 252 g/mol. The summed E-state index contributed by atoms with van der Waals surface area (Å²) in [5.74, 6) is -1.20. The molecular formula is C16H22N2O2. The molecule has 0 heterocycles. The first-order valence-corrected chi connectivity index (χ1v) is 6.94. The summed E-state index contributed by atoms with van der Waals surface area (Å²) in [4.78, 5) is 13.2. The Morgan fingerprint density at radius 1 is 1.40 bits per heavy atom. The Hall–Kier alpha value is -1.86. The summed E-state index contributed by atoms with van der Waals surface area (Å²) in [6.07, 6.45) is 0.945. The smallest absolute Gasteiger partial charge is 0.307 e. The molecule has 1 N–H and O–H groups in total. The standard InChI is InChI=1S/C16H22N2O2/c1-4-13(3)18(10-12(2)16(19)20)11-15-8-6-5-7-14(15)9-17/h5-8,12-13H,4,10-11H2,1-3H3,(H,19,20). The molecule has 0 aliphatic carbocycles. The number of carboxylic acid groups (broad SMARTS) is 1. The van der Waals surface area contributed by atoms with Crippen molar-refractivity contribution in [1.29, 1.82) is 5.26 Å². The van der Waals surface area contributed by atoms with E-state index < -0.39 is 11.9 Å². The van der Waals surface area contributed by atoms with E-state index in [1.54, 1.807) is 13.0 Å². The lowest BCUT2D eigenvalue weighted by atomic mass is 10.0. The molecule has 0 aromatic heterocycles. The quantitative estimate of drug-likeness (QED) is 0.830. The Balaban J connectivity index is 2.90. The minimum Gasteiger partial charge on any atom is -0.481 e. The molecule has 0 saturated carbocycles. The average molecular weight is 274 g/mol. The topological polar surface area (TPSA) is 64.3 Å². The molecule has 2 unspecified atom stereocenters. The third-order valence-corrected chi connectivity index (χ3v) is 3.66. The van der Waals surface area contributed by atoms with Crippen LogP contribution >= 0.6 is 0 Å². The first-order valence-electron chi connectivity index (χ1n) is 6.94. The van der Waals surface area contributed by atoms with E-state index in [1.807, 2.05) is 18.2 Å². The van der Waals surface area contributed by atoms with Gasteiger partial charge in [-0.2, -0.15) is 5.26 Å². The van der Waals surface area contributed by atoms with Crippen LogP contribution in [0.25, 0.3) is 0 Å². The molecule has 4 nitrogen and oxygen atoms in total. The van der Waals surface area contributed by atoms with E-state index in [4.69, 9.17) is 10.4 Å². The molecule has 0 fully saturated rings. The Labute approximate surface area is 120 Å². The molecule has 2 atom stereocenters. The maximum atomic E-state index is 11.0. The van der Waals surface area contributed by atoms with Crippen molar-refractivity contribution < 1.29 is 9.90 Å². The SMILES string of the molecule is CCC(C)N(Cc1ccccc1C#N)CC(C)C(=O)O. The van der Waals surface area contributed by atoms with Gasteiger partial charge in [-0.3, -0.25) is 9.69 Å². The van der Waals surface area contributed by atoms with Gasteiger partial charge in [0.25, 0.3) is 0 Å². The van der Waals surface area contributed by atoms with Gasteiger partial charge >= 0.3 is 5.97 Å². The molecule has 0 amide bonds. The molecule has 20 heavy (non-hydrogen) atoms. The summed E-state index contributed by atoms with van der Waals surface area (Å²) in [7, 11) is 0. The first kappa shape index (κ1) is 16.2. The molecule has 0 spiro atoms. The first-order chi connectivity index (χ1) is 9.49. The number of nitriles is 1. The zero-order valence-corrected chi connectivity index (χ0v) is 12.3. The summed E-state index contributed by atoms with van der Waals surface area (Å²) < 4.78 is 0. The van der Waals surface area contributed by atoms with Crippen molar-refractivity contribution in [3.63, 3.8) is 0 Å². The second-order valence-corrected chi connectivity index (χ2v) is 5.19. The summed E-state index contributed by atoms with van der Waals surface area (Å²) in [5.41, 5.74) is 1.61. The maximum absolute atomic E-state index is 11.0. The van der Waals surface area contributed by atoms with E-state index >= 15 is 0 Å². The monoisotopic (exact) mass is 274 g/mol. The van der Waals surface area contributed by atoms with Gasteiger partial charge in [-0.25, -0.2) is 0 Å². The van der Waals surface area contributed by atoms with Crippen molar-refractivity contribution in [1.82, 2.24) is 4.90 Å². The fourth-order valence-corrected chi connectivity index (χ4v) is 2.07. The second kappa shape index (κ2) is 7.66. The molecule has 0 aliphatic heterocycles. The van der Waals surface area contributed by atoms with Gasteiger partial charge in [-0.15, -0.1) is 0 Å². The van der Waals surface area contributed by atoms with E-state index in [-0.39, 0.29) is 6.04 Å². The summed E-state index contributed by atoms with van der Waals surface area (Å²) in [5, 5.41) is 18.2. The summed E-state index contributed by atoms with van der Waals surface area (Å²) >= 11 is 0. The molecule has 0 radical (unpaired) electrons. The number of benzene rings is 1. The van der Waals surface area contributed by atoms with Crippen LogP contribution in [0.5, 0.6) is 0 Å². The fourth-order valence-electron chi connectivity index (χ4n) is 2.07. The van der Waals surface area contributed by atoms with Crippen molar-refractivity contribution in [3.8, 4) is 6.07 Å². The third kappa shape index (κ3) is 4.36. The van der Waals surface area contributed by atoms with Gasteiger partial charge in [0.2, 0.25) is 0 Å². The fraction of sp³-hybridized carbons (Fsp3) is 0.500. The van der Waals surface area contributed by atoms with E-state index in [9.17, 15) is 4.79 Å². The predicted octanol–water partition coefficient (Wildman–Crippen LogP) is 2.88. The number of carbonyl (C=O) groups is 1. The largest absolute Gasteiger partial charge is 0.481 e. The van der Waals surface area contributed by atoms with Gasteiger partial charge in [0.15, 0.2) is 0 Å².